The summed E-state index contributed by atoms with van der Waals surface area (Å²) < 4.78 is 0. The monoisotopic (exact) mass is 254 g/mol. The van der Waals surface area contributed by atoms with Crippen molar-refractivity contribution in [3.05, 3.63) is 23.2 Å². The second-order valence-electron chi connectivity index (χ2n) is 4.97. The van der Waals surface area contributed by atoms with Gasteiger partial charge in [0.15, 0.2) is 5.78 Å². The van der Waals surface area contributed by atoms with Crippen molar-refractivity contribution >= 4 is 5.78 Å². The van der Waals surface area contributed by atoms with E-state index in [0.717, 1.165) is 0 Å². The van der Waals surface area contributed by atoms with Crippen molar-refractivity contribution in [2.24, 2.45) is 5.92 Å². The SMILES string of the molecule is O=C(C1=C(O)CC(O)CC1)C1CCC(O)C=C1O. The first-order chi connectivity index (χ1) is 8.49. The number of rotatable bonds is 2. The van der Waals surface area contributed by atoms with Gasteiger partial charge in [-0.1, -0.05) is 0 Å². The minimum atomic E-state index is -0.704. The molecule has 100 valence electrons. The number of hydrogen-bond acceptors (Lipinski definition) is 5. The molecule has 0 radical (unpaired) electrons. The third-order valence-electron chi connectivity index (χ3n) is 3.59. The molecule has 5 heteroatoms. The van der Waals surface area contributed by atoms with Gasteiger partial charge in [-0.15, -0.1) is 0 Å². The van der Waals surface area contributed by atoms with Crippen LogP contribution in [0.2, 0.25) is 0 Å². The maximum absolute atomic E-state index is 12.2. The molecule has 2 aliphatic carbocycles. The summed E-state index contributed by atoms with van der Waals surface area (Å²) in [5.41, 5.74) is 0.307. The Hall–Kier alpha value is -1.33. The van der Waals surface area contributed by atoms with Crippen LogP contribution in [0, 0.1) is 5.92 Å². The van der Waals surface area contributed by atoms with Crippen molar-refractivity contribution in [3.8, 4) is 0 Å². The van der Waals surface area contributed by atoms with E-state index in [4.69, 9.17) is 0 Å². The highest BCUT2D eigenvalue weighted by Gasteiger charge is 2.33. The van der Waals surface area contributed by atoms with Gasteiger partial charge in [-0.25, -0.2) is 0 Å². The van der Waals surface area contributed by atoms with Crippen molar-refractivity contribution in [2.75, 3.05) is 0 Å². The second-order valence-corrected chi connectivity index (χ2v) is 4.97. The molecule has 0 aromatic carbocycles. The highest BCUT2D eigenvalue weighted by molar-refractivity contribution is 5.99. The molecule has 0 aromatic heterocycles. The molecule has 0 bridgehead atoms. The van der Waals surface area contributed by atoms with Crippen LogP contribution in [0.5, 0.6) is 0 Å². The highest BCUT2D eigenvalue weighted by Crippen LogP contribution is 2.31. The van der Waals surface area contributed by atoms with Crippen LogP contribution < -0.4 is 0 Å². The van der Waals surface area contributed by atoms with Gasteiger partial charge < -0.3 is 20.4 Å². The predicted molar refractivity (Wildman–Crippen MR) is 64.0 cm³/mol. The summed E-state index contributed by atoms with van der Waals surface area (Å²) in [6.45, 7) is 0. The number of carbonyl (C=O) groups excluding carboxylic acids is 1. The van der Waals surface area contributed by atoms with E-state index in [1.807, 2.05) is 0 Å². The van der Waals surface area contributed by atoms with Crippen LogP contribution in [0.25, 0.3) is 0 Å². The number of carbonyl (C=O) groups is 1. The largest absolute Gasteiger partial charge is 0.512 e. The van der Waals surface area contributed by atoms with Gasteiger partial charge >= 0.3 is 0 Å². The molecule has 0 aromatic rings. The van der Waals surface area contributed by atoms with Crippen LogP contribution in [0.1, 0.15) is 32.1 Å². The van der Waals surface area contributed by atoms with Crippen LogP contribution in [-0.2, 0) is 4.79 Å². The molecule has 5 nitrogen and oxygen atoms in total. The smallest absolute Gasteiger partial charge is 0.172 e. The third kappa shape index (κ3) is 2.57. The number of Topliss-reactive ketones (excluding diaryl/α,β-unsaturated/α-hetero) is 1. The Morgan fingerprint density at radius 1 is 1.17 bits per heavy atom. The lowest BCUT2D eigenvalue weighted by atomic mass is 9.82. The van der Waals surface area contributed by atoms with E-state index in [1.54, 1.807) is 0 Å². The van der Waals surface area contributed by atoms with Crippen LogP contribution in [-0.4, -0.2) is 38.4 Å². The van der Waals surface area contributed by atoms with Crippen LogP contribution in [0.15, 0.2) is 23.2 Å². The Bertz CT molecular complexity index is 410. The van der Waals surface area contributed by atoms with E-state index in [2.05, 4.69) is 0 Å². The second kappa shape index (κ2) is 5.12. The molecule has 0 amide bonds. The van der Waals surface area contributed by atoms with Crippen molar-refractivity contribution in [1.29, 1.82) is 0 Å². The van der Waals surface area contributed by atoms with Gasteiger partial charge in [-0.3, -0.25) is 4.79 Å². The predicted octanol–water partition coefficient (Wildman–Crippen LogP) is 1.13. The van der Waals surface area contributed by atoms with Gasteiger partial charge in [-0.2, -0.15) is 0 Å². The molecule has 0 heterocycles. The number of allylic oxidation sites excluding steroid dienone is 2. The molecule has 3 atom stereocenters. The standard InChI is InChI=1S/C13H18O5/c14-7-1-3-9(11(16)5-7)13(18)10-4-2-8(15)6-12(10)17/h5,7-9,14-17H,1-4,6H2. The van der Waals surface area contributed by atoms with Crippen LogP contribution >= 0.6 is 0 Å². The lowest BCUT2D eigenvalue weighted by Gasteiger charge is -2.26. The fourth-order valence-electron chi connectivity index (χ4n) is 2.53. The average Bonchev–Trinajstić information content (AvgIpc) is 2.28. The van der Waals surface area contributed by atoms with E-state index in [9.17, 15) is 25.2 Å². The molecule has 2 aliphatic rings. The first-order valence-electron chi connectivity index (χ1n) is 6.21. The Morgan fingerprint density at radius 2 is 1.89 bits per heavy atom. The summed E-state index contributed by atoms with van der Waals surface area (Å²) in [7, 11) is 0. The zero-order chi connectivity index (χ0) is 13.3. The summed E-state index contributed by atoms with van der Waals surface area (Å²) in [5, 5.41) is 38.1. The maximum atomic E-state index is 12.2. The number of hydrogen-bond donors (Lipinski definition) is 4. The quantitative estimate of drug-likeness (QED) is 0.592. The minimum absolute atomic E-state index is 0.0716. The summed E-state index contributed by atoms with van der Waals surface area (Å²) in [4.78, 5) is 12.2. The van der Waals surface area contributed by atoms with Crippen LogP contribution in [0.4, 0.5) is 0 Å². The van der Waals surface area contributed by atoms with E-state index < -0.39 is 18.1 Å². The fourth-order valence-corrected chi connectivity index (χ4v) is 2.53. The summed E-state index contributed by atoms with van der Waals surface area (Å²) in [5.74, 6) is -1.15. The number of aliphatic hydroxyl groups is 4. The van der Waals surface area contributed by atoms with Gasteiger partial charge in [-0.05, 0) is 31.8 Å². The summed E-state index contributed by atoms with van der Waals surface area (Å²) >= 11 is 0. The van der Waals surface area contributed by atoms with E-state index in [0.29, 0.717) is 31.3 Å². The van der Waals surface area contributed by atoms with Crippen molar-refractivity contribution in [2.45, 2.75) is 44.3 Å². The molecule has 0 spiro atoms. The Balaban J connectivity index is 2.17. The normalized spacial score (nSPS) is 33.2. The zero-order valence-electron chi connectivity index (χ0n) is 10.0. The molecule has 4 N–H and O–H groups in total. The van der Waals surface area contributed by atoms with Crippen molar-refractivity contribution in [1.82, 2.24) is 0 Å². The van der Waals surface area contributed by atoms with E-state index in [1.165, 1.54) is 6.08 Å². The topological polar surface area (TPSA) is 98.0 Å². The molecule has 0 saturated carbocycles. The number of aliphatic hydroxyl groups excluding tert-OH is 4. The van der Waals surface area contributed by atoms with E-state index in [-0.39, 0.29) is 23.7 Å². The van der Waals surface area contributed by atoms with Gasteiger partial charge in [0.2, 0.25) is 0 Å². The third-order valence-corrected chi connectivity index (χ3v) is 3.59. The molecular formula is C13H18O5. The number of ketones is 1. The van der Waals surface area contributed by atoms with Gasteiger partial charge in [0.25, 0.3) is 0 Å². The summed E-state index contributed by atoms with van der Waals surface area (Å²) in [6.07, 6.45) is 1.66. The molecule has 0 saturated heterocycles. The lowest BCUT2D eigenvalue weighted by molar-refractivity contribution is -0.120. The first kappa shape index (κ1) is 13.1. The van der Waals surface area contributed by atoms with Gasteiger partial charge in [0, 0.05) is 12.0 Å². The van der Waals surface area contributed by atoms with Crippen molar-refractivity contribution < 1.29 is 25.2 Å². The van der Waals surface area contributed by atoms with Gasteiger partial charge in [0.05, 0.1) is 18.1 Å². The van der Waals surface area contributed by atoms with E-state index >= 15 is 0 Å². The fraction of sp³-hybridized carbons (Fsp3) is 0.615. The molecular weight excluding hydrogens is 236 g/mol. The Kier molecular flexibility index (Phi) is 3.73. The van der Waals surface area contributed by atoms with Crippen LogP contribution in [0.3, 0.4) is 0 Å². The lowest BCUT2D eigenvalue weighted by Crippen LogP contribution is -2.28. The maximum Gasteiger partial charge on any atom is 0.172 e. The van der Waals surface area contributed by atoms with Crippen molar-refractivity contribution in [3.63, 3.8) is 0 Å². The molecule has 0 fully saturated rings. The Morgan fingerprint density at radius 3 is 2.50 bits per heavy atom. The minimum Gasteiger partial charge on any atom is -0.512 e. The molecule has 0 aliphatic heterocycles. The molecule has 18 heavy (non-hydrogen) atoms. The average molecular weight is 254 g/mol. The highest BCUT2D eigenvalue weighted by atomic mass is 16.3. The molecule has 2 rings (SSSR count). The summed E-state index contributed by atoms with van der Waals surface area (Å²) in [6, 6.07) is 0. The Labute approximate surface area is 105 Å². The first-order valence-corrected chi connectivity index (χ1v) is 6.21. The zero-order valence-corrected chi connectivity index (χ0v) is 10.0. The molecule has 3 unspecified atom stereocenters. The van der Waals surface area contributed by atoms with Gasteiger partial charge in [0.1, 0.15) is 11.5 Å².